The summed E-state index contributed by atoms with van der Waals surface area (Å²) in [5.41, 5.74) is 1.30. The molecule has 0 N–H and O–H groups in total. The topological polar surface area (TPSA) is 6.48 Å². The third-order valence-electron chi connectivity index (χ3n) is 2.09. The predicted molar refractivity (Wildman–Crippen MR) is 69.1 cm³/mol. The van der Waals surface area contributed by atoms with Gasteiger partial charge in [0.05, 0.1) is 0 Å². The highest BCUT2D eigenvalue weighted by molar-refractivity contribution is 5.23. The van der Waals surface area contributed by atoms with Gasteiger partial charge in [-0.15, -0.1) is 0 Å². The van der Waals surface area contributed by atoms with Crippen molar-refractivity contribution in [3.8, 4) is 0 Å². The Hall–Kier alpha value is -0.860. The third kappa shape index (κ3) is 8.16. The largest absolute Gasteiger partial charge is 0.308 e. The molecule has 0 amide bonds. The summed E-state index contributed by atoms with van der Waals surface area (Å²) in [6.07, 6.45) is 8.10. The second kappa shape index (κ2) is 8.45. The van der Waals surface area contributed by atoms with Gasteiger partial charge in [-0.05, 0) is 33.6 Å². The van der Waals surface area contributed by atoms with Crippen LogP contribution in [0.3, 0.4) is 0 Å². The Balaban J connectivity index is 4.05. The van der Waals surface area contributed by atoms with E-state index in [0.29, 0.717) is 0 Å². The molecule has 0 unspecified atom stereocenters. The van der Waals surface area contributed by atoms with Gasteiger partial charge in [0.25, 0.3) is 0 Å². The van der Waals surface area contributed by atoms with E-state index in [9.17, 15) is 0 Å². The molecule has 0 aromatic heterocycles. The van der Waals surface area contributed by atoms with Crippen molar-refractivity contribution in [2.75, 3.05) is 40.8 Å². The van der Waals surface area contributed by atoms with Crippen molar-refractivity contribution in [2.45, 2.75) is 6.92 Å². The molecule has 0 aliphatic heterocycles. The highest BCUT2D eigenvalue weighted by Crippen LogP contribution is 2.00. The monoisotopic (exact) mass is 208 g/mol. The smallest absolute Gasteiger partial charge is 0.0231 e. The summed E-state index contributed by atoms with van der Waals surface area (Å²) in [7, 11) is 6.34. The lowest BCUT2D eigenvalue weighted by molar-refractivity contribution is 0.299. The van der Waals surface area contributed by atoms with Gasteiger partial charge in [-0.2, -0.15) is 0 Å². The van der Waals surface area contributed by atoms with Crippen molar-refractivity contribution in [1.82, 2.24) is 9.80 Å². The van der Waals surface area contributed by atoms with Gasteiger partial charge in [-0.3, -0.25) is 0 Å². The van der Waals surface area contributed by atoms with E-state index in [2.05, 4.69) is 55.7 Å². The molecule has 0 bridgehead atoms. The standard InChI is InChI=1S/C13H24N2/c1-6-8-13(9-7-2)12-15(5)11-10-14(3)4/h6-9H,1,10-12H2,2-5H3/b9-7-,13-8+. The van der Waals surface area contributed by atoms with E-state index in [1.54, 1.807) is 0 Å². The molecule has 0 rings (SSSR count). The molecule has 0 atom stereocenters. The average Bonchev–Trinajstić information content (AvgIpc) is 2.15. The van der Waals surface area contributed by atoms with Gasteiger partial charge in [0.2, 0.25) is 0 Å². The normalized spacial score (nSPS) is 13.1. The van der Waals surface area contributed by atoms with Crippen LogP contribution in [0, 0.1) is 0 Å². The van der Waals surface area contributed by atoms with Crippen LogP contribution in [-0.2, 0) is 0 Å². The van der Waals surface area contributed by atoms with E-state index < -0.39 is 0 Å². The molecular formula is C13H24N2. The van der Waals surface area contributed by atoms with E-state index in [1.165, 1.54) is 5.57 Å². The summed E-state index contributed by atoms with van der Waals surface area (Å²) in [5.74, 6) is 0. The number of nitrogens with zero attached hydrogens (tertiary/aromatic N) is 2. The Morgan fingerprint density at radius 3 is 2.33 bits per heavy atom. The summed E-state index contributed by atoms with van der Waals surface area (Å²) >= 11 is 0. The highest BCUT2D eigenvalue weighted by Gasteiger charge is 2.00. The fourth-order valence-electron chi connectivity index (χ4n) is 1.29. The molecular weight excluding hydrogens is 184 g/mol. The molecule has 0 aliphatic carbocycles. The Morgan fingerprint density at radius 2 is 1.87 bits per heavy atom. The molecule has 0 spiro atoms. The van der Waals surface area contributed by atoms with Gasteiger partial charge in [-0.25, -0.2) is 0 Å². The molecule has 2 nitrogen and oxygen atoms in total. The maximum atomic E-state index is 3.73. The van der Waals surface area contributed by atoms with Gasteiger partial charge in [-0.1, -0.05) is 30.9 Å². The van der Waals surface area contributed by atoms with Crippen molar-refractivity contribution >= 4 is 0 Å². The van der Waals surface area contributed by atoms with Gasteiger partial charge < -0.3 is 9.80 Å². The van der Waals surface area contributed by atoms with E-state index in [0.717, 1.165) is 19.6 Å². The van der Waals surface area contributed by atoms with Gasteiger partial charge in [0.1, 0.15) is 0 Å². The second-order valence-corrected chi connectivity index (χ2v) is 4.02. The van der Waals surface area contributed by atoms with Crippen LogP contribution in [0.25, 0.3) is 0 Å². The number of likely N-dealkylation sites (N-methyl/N-ethyl adjacent to an activating group) is 2. The molecule has 0 aromatic carbocycles. The Kier molecular flexibility index (Phi) is 7.96. The zero-order valence-electron chi connectivity index (χ0n) is 10.5. The minimum atomic E-state index is 0.976. The van der Waals surface area contributed by atoms with E-state index in [-0.39, 0.29) is 0 Å². The third-order valence-corrected chi connectivity index (χ3v) is 2.09. The summed E-state index contributed by atoms with van der Waals surface area (Å²) in [6.45, 7) is 8.92. The Labute approximate surface area is 94.6 Å². The molecule has 0 fully saturated rings. The fourth-order valence-corrected chi connectivity index (χ4v) is 1.29. The molecule has 86 valence electrons. The van der Waals surface area contributed by atoms with Crippen molar-refractivity contribution in [3.63, 3.8) is 0 Å². The first kappa shape index (κ1) is 14.1. The van der Waals surface area contributed by atoms with Crippen LogP contribution in [0.15, 0.2) is 36.5 Å². The number of hydrogen-bond donors (Lipinski definition) is 0. The summed E-state index contributed by atoms with van der Waals surface area (Å²) in [5, 5.41) is 0. The fraction of sp³-hybridized carbons (Fsp3) is 0.538. The Bertz CT molecular complexity index is 227. The van der Waals surface area contributed by atoms with Crippen LogP contribution in [0.5, 0.6) is 0 Å². The molecule has 15 heavy (non-hydrogen) atoms. The molecule has 0 saturated heterocycles. The van der Waals surface area contributed by atoms with E-state index in [4.69, 9.17) is 0 Å². The molecule has 2 heteroatoms. The van der Waals surface area contributed by atoms with E-state index in [1.807, 2.05) is 13.0 Å². The predicted octanol–water partition coefficient (Wildman–Crippen LogP) is 2.17. The first-order valence-electron chi connectivity index (χ1n) is 5.37. The highest BCUT2D eigenvalue weighted by atomic mass is 15.1. The first-order valence-corrected chi connectivity index (χ1v) is 5.37. The summed E-state index contributed by atoms with van der Waals surface area (Å²) in [4.78, 5) is 4.51. The van der Waals surface area contributed by atoms with Crippen molar-refractivity contribution < 1.29 is 0 Å². The van der Waals surface area contributed by atoms with Gasteiger partial charge >= 0.3 is 0 Å². The molecule has 0 saturated carbocycles. The SMILES string of the molecule is C=C/C=C(\C=C/C)CN(C)CCN(C)C. The van der Waals surface area contributed by atoms with Crippen LogP contribution in [0.4, 0.5) is 0 Å². The lowest BCUT2D eigenvalue weighted by Crippen LogP contribution is -2.29. The second-order valence-electron chi connectivity index (χ2n) is 4.02. The number of rotatable bonds is 7. The van der Waals surface area contributed by atoms with Crippen molar-refractivity contribution in [2.24, 2.45) is 0 Å². The van der Waals surface area contributed by atoms with Crippen LogP contribution < -0.4 is 0 Å². The van der Waals surface area contributed by atoms with Crippen molar-refractivity contribution in [1.29, 1.82) is 0 Å². The van der Waals surface area contributed by atoms with Crippen LogP contribution in [-0.4, -0.2) is 50.6 Å². The lowest BCUT2D eigenvalue weighted by Gasteiger charge is -2.19. The van der Waals surface area contributed by atoms with Gasteiger partial charge in [0.15, 0.2) is 0 Å². The quantitative estimate of drug-likeness (QED) is 0.592. The van der Waals surface area contributed by atoms with Crippen LogP contribution in [0.2, 0.25) is 0 Å². The van der Waals surface area contributed by atoms with Crippen LogP contribution >= 0.6 is 0 Å². The number of allylic oxidation sites excluding steroid dienone is 3. The molecule has 0 aromatic rings. The van der Waals surface area contributed by atoms with Crippen LogP contribution in [0.1, 0.15) is 6.92 Å². The van der Waals surface area contributed by atoms with E-state index >= 15 is 0 Å². The maximum Gasteiger partial charge on any atom is 0.0231 e. The molecule has 0 aliphatic rings. The zero-order chi connectivity index (χ0) is 11.7. The number of hydrogen-bond acceptors (Lipinski definition) is 2. The zero-order valence-corrected chi connectivity index (χ0v) is 10.5. The van der Waals surface area contributed by atoms with Crippen molar-refractivity contribution in [3.05, 3.63) is 36.5 Å². The summed E-state index contributed by atoms with van der Waals surface area (Å²) in [6, 6.07) is 0. The molecule has 0 radical (unpaired) electrons. The Morgan fingerprint density at radius 1 is 1.20 bits per heavy atom. The lowest BCUT2D eigenvalue weighted by atomic mass is 10.2. The van der Waals surface area contributed by atoms with Gasteiger partial charge in [0, 0.05) is 19.6 Å². The summed E-state index contributed by atoms with van der Waals surface area (Å²) < 4.78 is 0. The first-order chi connectivity index (χ1) is 7.10. The minimum absolute atomic E-state index is 0.976. The minimum Gasteiger partial charge on any atom is -0.308 e. The molecule has 0 heterocycles. The average molecular weight is 208 g/mol. The maximum absolute atomic E-state index is 3.73.